The van der Waals surface area contributed by atoms with Crippen LogP contribution in [-0.4, -0.2) is 47.1 Å². The fourth-order valence-electron chi connectivity index (χ4n) is 3.19. The van der Waals surface area contributed by atoms with Crippen LogP contribution in [0, 0.1) is 6.92 Å². The molecule has 0 spiro atoms. The van der Waals surface area contributed by atoms with E-state index in [2.05, 4.69) is 22.4 Å². The standard InChI is InChI=1S/C24H28N4O3S/c1-4-5-15-28(23(30)20-9-7-6-8-17(20)2)16-14-21(29)25-24-27-26-22(32-24)18-10-12-19(31-3)13-11-18/h6-13H,4-5,14-16H2,1-3H3,(H,25,27,29). The summed E-state index contributed by atoms with van der Waals surface area (Å²) in [6.45, 7) is 4.98. The highest BCUT2D eigenvalue weighted by Crippen LogP contribution is 2.27. The SMILES string of the molecule is CCCCN(CCC(=O)Nc1nnc(-c2ccc(OC)cc2)s1)C(=O)c1ccccc1C. The van der Waals surface area contributed by atoms with Gasteiger partial charge in [-0.25, -0.2) is 0 Å². The molecule has 2 aromatic carbocycles. The van der Waals surface area contributed by atoms with Gasteiger partial charge in [-0.2, -0.15) is 0 Å². The van der Waals surface area contributed by atoms with Crippen molar-refractivity contribution in [1.82, 2.24) is 15.1 Å². The molecule has 0 saturated carbocycles. The van der Waals surface area contributed by atoms with Crippen LogP contribution in [0.4, 0.5) is 5.13 Å². The van der Waals surface area contributed by atoms with Crippen LogP contribution in [-0.2, 0) is 4.79 Å². The molecular weight excluding hydrogens is 424 g/mol. The van der Waals surface area contributed by atoms with Crippen molar-refractivity contribution in [3.05, 3.63) is 59.7 Å². The lowest BCUT2D eigenvalue weighted by Gasteiger charge is -2.23. The first-order valence-electron chi connectivity index (χ1n) is 10.6. The van der Waals surface area contributed by atoms with Crippen LogP contribution in [0.2, 0.25) is 0 Å². The van der Waals surface area contributed by atoms with Gasteiger partial charge in [-0.1, -0.05) is 42.9 Å². The van der Waals surface area contributed by atoms with Crippen molar-refractivity contribution in [3.8, 4) is 16.3 Å². The Morgan fingerprint density at radius 3 is 2.50 bits per heavy atom. The van der Waals surface area contributed by atoms with E-state index in [0.29, 0.717) is 28.8 Å². The van der Waals surface area contributed by atoms with Gasteiger partial charge in [-0.3, -0.25) is 9.59 Å². The molecule has 8 heteroatoms. The van der Waals surface area contributed by atoms with Gasteiger partial charge in [0.15, 0.2) is 0 Å². The molecule has 1 heterocycles. The van der Waals surface area contributed by atoms with Gasteiger partial charge in [0.2, 0.25) is 11.0 Å². The van der Waals surface area contributed by atoms with E-state index in [1.165, 1.54) is 11.3 Å². The Morgan fingerprint density at radius 2 is 1.81 bits per heavy atom. The van der Waals surface area contributed by atoms with Gasteiger partial charge in [-0.15, -0.1) is 10.2 Å². The number of carbonyl (C=O) groups is 2. The number of anilines is 1. The van der Waals surface area contributed by atoms with Crippen molar-refractivity contribution in [2.75, 3.05) is 25.5 Å². The number of aryl methyl sites for hydroxylation is 1. The van der Waals surface area contributed by atoms with Crippen LogP contribution in [0.1, 0.15) is 42.1 Å². The molecule has 168 valence electrons. The molecule has 7 nitrogen and oxygen atoms in total. The Labute approximate surface area is 192 Å². The Hall–Kier alpha value is -3.26. The van der Waals surface area contributed by atoms with Gasteiger partial charge >= 0.3 is 0 Å². The predicted octanol–water partition coefficient (Wildman–Crippen LogP) is 4.79. The summed E-state index contributed by atoms with van der Waals surface area (Å²) in [5, 5.41) is 12.2. The number of hydrogen-bond donors (Lipinski definition) is 1. The topological polar surface area (TPSA) is 84.4 Å². The first-order valence-corrected chi connectivity index (χ1v) is 11.5. The van der Waals surface area contributed by atoms with E-state index in [0.717, 1.165) is 29.7 Å². The average Bonchev–Trinajstić information content (AvgIpc) is 3.27. The fraction of sp³-hybridized carbons (Fsp3) is 0.333. The molecule has 0 saturated heterocycles. The average molecular weight is 453 g/mol. The number of amides is 2. The third-order valence-electron chi connectivity index (χ3n) is 5.06. The third-order valence-corrected chi connectivity index (χ3v) is 5.95. The number of hydrogen-bond acceptors (Lipinski definition) is 6. The van der Waals surface area contributed by atoms with E-state index in [9.17, 15) is 9.59 Å². The smallest absolute Gasteiger partial charge is 0.254 e. The molecule has 2 amide bonds. The highest BCUT2D eigenvalue weighted by Gasteiger charge is 2.18. The molecule has 0 aliphatic heterocycles. The van der Waals surface area contributed by atoms with Gasteiger partial charge in [0.1, 0.15) is 10.8 Å². The maximum absolute atomic E-state index is 13.0. The highest BCUT2D eigenvalue weighted by molar-refractivity contribution is 7.18. The Kier molecular flexibility index (Phi) is 8.33. The lowest BCUT2D eigenvalue weighted by Crippen LogP contribution is -2.35. The summed E-state index contributed by atoms with van der Waals surface area (Å²) in [7, 11) is 1.62. The Morgan fingerprint density at radius 1 is 1.06 bits per heavy atom. The predicted molar refractivity (Wildman–Crippen MR) is 127 cm³/mol. The molecule has 0 radical (unpaired) electrons. The summed E-state index contributed by atoms with van der Waals surface area (Å²) in [5.41, 5.74) is 2.51. The van der Waals surface area contributed by atoms with Gasteiger partial charge in [0.25, 0.3) is 5.91 Å². The molecule has 1 aromatic heterocycles. The normalized spacial score (nSPS) is 10.6. The first-order chi connectivity index (χ1) is 15.5. The van der Waals surface area contributed by atoms with E-state index in [1.54, 1.807) is 12.0 Å². The second-order valence-electron chi connectivity index (χ2n) is 7.40. The summed E-state index contributed by atoms with van der Waals surface area (Å²) < 4.78 is 5.17. The van der Waals surface area contributed by atoms with E-state index in [4.69, 9.17) is 4.74 Å². The summed E-state index contributed by atoms with van der Waals surface area (Å²) >= 11 is 1.31. The minimum atomic E-state index is -0.193. The van der Waals surface area contributed by atoms with Crippen LogP contribution in [0.3, 0.4) is 0 Å². The molecule has 0 fully saturated rings. The van der Waals surface area contributed by atoms with E-state index in [1.807, 2.05) is 55.5 Å². The number of benzene rings is 2. The van der Waals surface area contributed by atoms with Crippen molar-refractivity contribution in [3.63, 3.8) is 0 Å². The zero-order chi connectivity index (χ0) is 22.9. The maximum Gasteiger partial charge on any atom is 0.254 e. The van der Waals surface area contributed by atoms with E-state index >= 15 is 0 Å². The van der Waals surface area contributed by atoms with Crippen molar-refractivity contribution < 1.29 is 14.3 Å². The molecule has 3 aromatic rings. The van der Waals surface area contributed by atoms with Crippen LogP contribution in [0.5, 0.6) is 5.75 Å². The molecule has 32 heavy (non-hydrogen) atoms. The third kappa shape index (κ3) is 6.13. The van der Waals surface area contributed by atoms with Crippen molar-refractivity contribution in [1.29, 1.82) is 0 Å². The zero-order valence-electron chi connectivity index (χ0n) is 18.6. The van der Waals surface area contributed by atoms with Crippen LogP contribution in [0.15, 0.2) is 48.5 Å². The molecule has 1 N–H and O–H groups in total. The Bertz CT molecular complexity index is 1050. The maximum atomic E-state index is 13.0. The number of methoxy groups -OCH3 is 1. The number of carbonyl (C=O) groups excluding carboxylic acids is 2. The fourth-order valence-corrected chi connectivity index (χ4v) is 3.95. The second kappa shape index (κ2) is 11.4. The van der Waals surface area contributed by atoms with Gasteiger partial charge in [-0.05, 0) is 49.2 Å². The number of rotatable bonds is 10. The molecule has 3 rings (SSSR count). The van der Waals surface area contributed by atoms with E-state index < -0.39 is 0 Å². The van der Waals surface area contributed by atoms with Crippen LogP contribution in [0.25, 0.3) is 10.6 Å². The lowest BCUT2D eigenvalue weighted by atomic mass is 10.1. The zero-order valence-corrected chi connectivity index (χ0v) is 19.4. The Balaban J connectivity index is 1.59. The number of aromatic nitrogens is 2. The molecule has 0 bridgehead atoms. The van der Waals surface area contributed by atoms with Crippen molar-refractivity contribution in [2.24, 2.45) is 0 Å². The number of nitrogens with one attached hydrogen (secondary N) is 1. The van der Waals surface area contributed by atoms with Crippen LogP contribution < -0.4 is 10.1 Å². The van der Waals surface area contributed by atoms with Gasteiger partial charge < -0.3 is 15.0 Å². The highest BCUT2D eigenvalue weighted by atomic mass is 32.1. The molecular formula is C24H28N4O3S. The number of nitrogens with zero attached hydrogens (tertiary/aromatic N) is 3. The van der Waals surface area contributed by atoms with Gasteiger partial charge in [0, 0.05) is 30.6 Å². The number of ether oxygens (including phenoxy) is 1. The minimum absolute atomic E-state index is 0.0398. The molecule has 0 unspecified atom stereocenters. The molecule has 0 atom stereocenters. The molecule has 0 aliphatic rings. The lowest BCUT2D eigenvalue weighted by molar-refractivity contribution is -0.116. The van der Waals surface area contributed by atoms with Crippen molar-refractivity contribution >= 4 is 28.3 Å². The summed E-state index contributed by atoms with van der Waals surface area (Å²) in [6.07, 6.45) is 2.06. The quantitative estimate of drug-likeness (QED) is 0.478. The largest absolute Gasteiger partial charge is 0.497 e. The molecule has 0 aliphatic carbocycles. The first kappa shape index (κ1) is 23.4. The second-order valence-corrected chi connectivity index (χ2v) is 8.38. The van der Waals surface area contributed by atoms with Gasteiger partial charge in [0.05, 0.1) is 7.11 Å². The summed E-state index contributed by atoms with van der Waals surface area (Å²) in [5.74, 6) is 0.531. The van der Waals surface area contributed by atoms with E-state index in [-0.39, 0.29) is 18.2 Å². The number of unbranched alkanes of at least 4 members (excludes halogenated alkanes) is 1. The minimum Gasteiger partial charge on any atom is -0.497 e. The van der Waals surface area contributed by atoms with Crippen LogP contribution >= 0.6 is 11.3 Å². The monoisotopic (exact) mass is 452 g/mol. The van der Waals surface area contributed by atoms with Crippen molar-refractivity contribution in [2.45, 2.75) is 33.1 Å². The summed E-state index contributed by atoms with van der Waals surface area (Å²) in [6, 6.07) is 15.0. The summed E-state index contributed by atoms with van der Waals surface area (Å²) in [4.78, 5) is 27.3.